The van der Waals surface area contributed by atoms with Crippen LogP contribution in [-0.2, 0) is 9.53 Å². The molecule has 0 fully saturated rings. The number of ketones is 1. The summed E-state index contributed by atoms with van der Waals surface area (Å²) in [6, 6.07) is 6.26. The van der Waals surface area contributed by atoms with Crippen molar-refractivity contribution >= 4 is 11.9 Å². The van der Waals surface area contributed by atoms with E-state index in [0.717, 1.165) is 37.0 Å². The van der Waals surface area contributed by atoms with E-state index in [2.05, 4.69) is 52.8 Å². The summed E-state index contributed by atoms with van der Waals surface area (Å²) in [5.41, 5.74) is 4.37. The average Bonchev–Trinajstić information content (AvgIpc) is 2.61. The molecule has 1 rings (SSSR count). The second kappa shape index (κ2) is 16.1. The second-order valence-electron chi connectivity index (χ2n) is 6.05. The van der Waals surface area contributed by atoms with Gasteiger partial charge in [0, 0.05) is 6.61 Å². The maximum atomic E-state index is 11.1. The molecule has 25 heavy (non-hydrogen) atoms. The first kappa shape index (κ1) is 25.8. The van der Waals surface area contributed by atoms with Gasteiger partial charge < -0.3 is 4.74 Å². The van der Waals surface area contributed by atoms with E-state index < -0.39 is 0 Å². The first-order valence-corrected chi connectivity index (χ1v) is 9.73. The lowest BCUT2D eigenvalue weighted by molar-refractivity contribution is -0.113. The molecule has 2 heteroatoms. The topological polar surface area (TPSA) is 26.3 Å². The third kappa shape index (κ3) is 12.6. The minimum atomic E-state index is 0.130. The van der Waals surface area contributed by atoms with Crippen molar-refractivity contribution in [3.05, 3.63) is 40.5 Å². The van der Waals surface area contributed by atoms with E-state index in [4.69, 9.17) is 4.74 Å². The van der Waals surface area contributed by atoms with Crippen LogP contribution in [0.4, 0.5) is 0 Å². The van der Waals surface area contributed by atoms with Gasteiger partial charge in [-0.15, -0.1) is 0 Å². The van der Waals surface area contributed by atoms with Crippen LogP contribution in [0.5, 0.6) is 0 Å². The fourth-order valence-electron chi connectivity index (χ4n) is 2.06. The Morgan fingerprint density at radius 3 is 2.08 bits per heavy atom. The SMILES string of the molecule is CC.CC(=O)/C(C)=C/c1cc(C)ccc1C.CCCOC(CC)CC. The summed E-state index contributed by atoms with van der Waals surface area (Å²) in [7, 11) is 0. The fraction of sp³-hybridized carbons (Fsp3) is 0.609. The molecule has 2 nitrogen and oxygen atoms in total. The summed E-state index contributed by atoms with van der Waals surface area (Å²) in [4.78, 5) is 11.1. The Labute approximate surface area is 156 Å². The van der Waals surface area contributed by atoms with Crippen molar-refractivity contribution in [1.82, 2.24) is 0 Å². The van der Waals surface area contributed by atoms with Crippen LogP contribution in [-0.4, -0.2) is 18.5 Å². The zero-order valence-corrected chi connectivity index (χ0v) is 18.0. The number of hydrogen-bond donors (Lipinski definition) is 0. The maximum Gasteiger partial charge on any atom is 0.155 e. The van der Waals surface area contributed by atoms with E-state index in [9.17, 15) is 4.79 Å². The summed E-state index contributed by atoms with van der Waals surface area (Å²) in [6.07, 6.45) is 5.89. The van der Waals surface area contributed by atoms with Gasteiger partial charge in [-0.3, -0.25) is 4.79 Å². The van der Waals surface area contributed by atoms with Gasteiger partial charge in [0.05, 0.1) is 6.10 Å². The predicted molar refractivity (Wildman–Crippen MR) is 112 cm³/mol. The number of benzene rings is 1. The third-order valence-corrected chi connectivity index (χ3v) is 3.83. The molecule has 0 aromatic heterocycles. The molecule has 144 valence electrons. The van der Waals surface area contributed by atoms with Crippen LogP contribution in [0.25, 0.3) is 6.08 Å². The highest BCUT2D eigenvalue weighted by molar-refractivity contribution is 5.97. The van der Waals surface area contributed by atoms with Crippen molar-refractivity contribution < 1.29 is 9.53 Å². The van der Waals surface area contributed by atoms with Crippen molar-refractivity contribution in [2.24, 2.45) is 0 Å². The summed E-state index contributed by atoms with van der Waals surface area (Å²) in [6.45, 7) is 19.0. The highest BCUT2D eigenvalue weighted by Gasteiger charge is 2.00. The lowest BCUT2D eigenvalue weighted by Crippen LogP contribution is -2.10. The van der Waals surface area contributed by atoms with Gasteiger partial charge in [0.25, 0.3) is 0 Å². The first-order chi connectivity index (χ1) is 11.8. The van der Waals surface area contributed by atoms with Crippen molar-refractivity contribution in [3.63, 3.8) is 0 Å². The molecule has 0 spiro atoms. The molecule has 0 saturated heterocycles. The molecular formula is C23H40O2. The largest absolute Gasteiger partial charge is 0.378 e. The predicted octanol–water partition coefficient (Wildman–Crippen LogP) is 6.92. The van der Waals surface area contributed by atoms with Crippen LogP contribution in [0.15, 0.2) is 23.8 Å². The van der Waals surface area contributed by atoms with Crippen molar-refractivity contribution in [1.29, 1.82) is 0 Å². The zero-order valence-electron chi connectivity index (χ0n) is 18.0. The Balaban J connectivity index is 0. The third-order valence-electron chi connectivity index (χ3n) is 3.83. The summed E-state index contributed by atoms with van der Waals surface area (Å²) >= 11 is 0. The van der Waals surface area contributed by atoms with Crippen LogP contribution in [0.2, 0.25) is 0 Å². The molecule has 0 N–H and O–H groups in total. The summed E-state index contributed by atoms with van der Waals surface area (Å²) < 4.78 is 5.49. The number of rotatable bonds is 7. The van der Waals surface area contributed by atoms with E-state index in [-0.39, 0.29) is 5.78 Å². The van der Waals surface area contributed by atoms with Crippen LogP contribution < -0.4 is 0 Å². The van der Waals surface area contributed by atoms with E-state index >= 15 is 0 Å². The number of allylic oxidation sites excluding steroid dienone is 1. The standard InChI is InChI=1S/C13H16O.C8H18O.C2H6/c1-9-5-6-10(2)13(7-9)8-11(3)12(4)14;1-4-7-9-8(5-2)6-3;1-2/h5-8H,1-4H3;8H,4-7H2,1-3H3;1-2H3/b11-8+;;. The smallest absolute Gasteiger partial charge is 0.155 e. The molecule has 0 radical (unpaired) electrons. The molecule has 0 amide bonds. The average molecular weight is 349 g/mol. The molecule has 0 heterocycles. The van der Waals surface area contributed by atoms with Gasteiger partial charge in [0.2, 0.25) is 0 Å². The number of aryl methyl sites for hydroxylation is 2. The lowest BCUT2D eigenvalue weighted by Gasteiger charge is -2.11. The lowest BCUT2D eigenvalue weighted by atomic mass is 10.0. The Bertz CT molecular complexity index is 497. The van der Waals surface area contributed by atoms with Gasteiger partial charge in [-0.2, -0.15) is 0 Å². The highest BCUT2D eigenvalue weighted by Crippen LogP contribution is 2.14. The van der Waals surface area contributed by atoms with Crippen molar-refractivity contribution in [2.75, 3.05) is 6.61 Å². The number of carbonyl (C=O) groups is 1. The molecule has 0 aliphatic rings. The quantitative estimate of drug-likeness (QED) is 0.500. The molecule has 0 bridgehead atoms. The number of hydrogen-bond acceptors (Lipinski definition) is 2. The molecule has 0 saturated carbocycles. The highest BCUT2D eigenvalue weighted by atomic mass is 16.5. The maximum absolute atomic E-state index is 11.1. The van der Waals surface area contributed by atoms with E-state index in [1.165, 1.54) is 11.1 Å². The van der Waals surface area contributed by atoms with Gasteiger partial charge >= 0.3 is 0 Å². The molecule has 1 aromatic carbocycles. The minimum Gasteiger partial charge on any atom is -0.378 e. The Morgan fingerprint density at radius 1 is 1.08 bits per heavy atom. The molecule has 0 unspecified atom stereocenters. The monoisotopic (exact) mass is 348 g/mol. The van der Waals surface area contributed by atoms with Crippen LogP contribution >= 0.6 is 0 Å². The summed E-state index contributed by atoms with van der Waals surface area (Å²) in [5, 5.41) is 0. The van der Waals surface area contributed by atoms with Crippen LogP contribution in [0, 0.1) is 13.8 Å². The fourth-order valence-corrected chi connectivity index (χ4v) is 2.06. The molecule has 0 aliphatic carbocycles. The number of ether oxygens (including phenoxy) is 1. The van der Waals surface area contributed by atoms with Gasteiger partial charge in [0.1, 0.15) is 0 Å². The van der Waals surface area contributed by atoms with E-state index in [1.54, 1.807) is 6.92 Å². The van der Waals surface area contributed by atoms with Gasteiger partial charge in [-0.05, 0) is 69.7 Å². The second-order valence-corrected chi connectivity index (χ2v) is 6.05. The van der Waals surface area contributed by atoms with Gasteiger partial charge in [0.15, 0.2) is 5.78 Å². The minimum absolute atomic E-state index is 0.130. The number of carbonyl (C=O) groups excluding carboxylic acids is 1. The van der Waals surface area contributed by atoms with Crippen molar-refractivity contribution in [2.45, 2.75) is 87.7 Å². The molecule has 1 aromatic rings. The first-order valence-electron chi connectivity index (χ1n) is 9.73. The van der Waals surface area contributed by atoms with Crippen LogP contribution in [0.1, 0.15) is 84.4 Å². The van der Waals surface area contributed by atoms with Gasteiger partial charge in [-0.1, -0.05) is 58.4 Å². The molecule has 0 atom stereocenters. The zero-order chi connectivity index (χ0) is 19.8. The Kier molecular flexibility index (Phi) is 16.6. The van der Waals surface area contributed by atoms with E-state index in [0.29, 0.717) is 6.10 Å². The van der Waals surface area contributed by atoms with Crippen molar-refractivity contribution in [3.8, 4) is 0 Å². The van der Waals surface area contributed by atoms with Crippen LogP contribution in [0.3, 0.4) is 0 Å². The van der Waals surface area contributed by atoms with Gasteiger partial charge in [-0.25, -0.2) is 0 Å². The summed E-state index contributed by atoms with van der Waals surface area (Å²) in [5.74, 6) is 0.130. The normalized spacial score (nSPS) is 10.6. The molecule has 0 aliphatic heterocycles. The Morgan fingerprint density at radius 2 is 1.64 bits per heavy atom. The Hall–Kier alpha value is -1.41. The molecular weight excluding hydrogens is 308 g/mol. The van der Waals surface area contributed by atoms with E-state index in [1.807, 2.05) is 26.8 Å². The number of Topliss-reactive ketones (excluding diaryl/α,β-unsaturated/α-hetero) is 1.